The van der Waals surface area contributed by atoms with Crippen LogP contribution < -0.4 is 5.32 Å². The van der Waals surface area contributed by atoms with E-state index in [-0.39, 0.29) is 11.8 Å². The summed E-state index contributed by atoms with van der Waals surface area (Å²) in [7, 11) is 0. The number of piperidine rings is 1. The second-order valence-electron chi connectivity index (χ2n) is 6.71. The summed E-state index contributed by atoms with van der Waals surface area (Å²) in [6, 6.07) is 10.4. The van der Waals surface area contributed by atoms with E-state index in [9.17, 15) is 9.90 Å². The van der Waals surface area contributed by atoms with E-state index in [0.717, 1.165) is 32.5 Å². The van der Waals surface area contributed by atoms with Crippen LogP contribution in [0, 0.1) is 5.92 Å². The molecule has 1 aliphatic rings. The molecule has 1 amide bonds. The van der Waals surface area contributed by atoms with Gasteiger partial charge in [-0.05, 0) is 38.1 Å². The Balaban J connectivity index is 1.82. The van der Waals surface area contributed by atoms with Crippen molar-refractivity contribution in [2.24, 2.45) is 5.92 Å². The molecule has 0 saturated carbocycles. The minimum absolute atomic E-state index is 0.0255. The molecule has 0 bridgehead atoms. The number of hydrogen-bond acceptors (Lipinski definition) is 4. The van der Waals surface area contributed by atoms with Crippen molar-refractivity contribution in [3.63, 3.8) is 0 Å². The second-order valence-corrected chi connectivity index (χ2v) is 7.57. The van der Waals surface area contributed by atoms with E-state index in [1.54, 1.807) is 18.7 Å². The van der Waals surface area contributed by atoms with E-state index in [4.69, 9.17) is 0 Å². The van der Waals surface area contributed by atoms with Crippen LogP contribution in [0.3, 0.4) is 0 Å². The predicted molar refractivity (Wildman–Crippen MR) is 96.5 cm³/mol. The molecule has 1 aliphatic heterocycles. The van der Waals surface area contributed by atoms with Gasteiger partial charge in [0.15, 0.2) is 0 Å². The Bertz CT molecular complexity index is 493. The van der Waals surface area contributed by atoms with Crippen LogP contribution in [-0.2, 0) is 11.3 Å². The zero-order valence-corrected chi connectivity index (χ0v) is 14.9. The number of rotatable bonds is 7. The summed E-state index contributed by atoms with van der Waals surface area (Å²) in [6.45, 7) is 4.83. The molecular formula is C18H28N2O2S. The summed E-state index contributed by atoms with van der Waals surface area (Å²) in [5, 5.41) is 13.1. The summed E-state index contributed by atoms with van der Waals surface area (Å²) in [4.78, 5) is 14.7. The van der Waals surface area contributed by atoms with Crippen LogP contribution in [0.25, 0.3) is 0 Å². The molecular weight excluding hydrogens is 308 g/mol. The monoisotopic (exact) mass is 336 g/mol. The van der Waals surface area contributed by atoms with Gasteiger partial charge in [-0.25, -0.2) is 0 Å². The van der Waals surface area contributed by atoms with Gasteiger partial charge in [0.25, 0.3) is 0 Å². The molecule has 0 aromatic heterocycles. The van der Waals surface area contributed by atoms with Crippen LogP contribution in [0.5, 0.6) is 0 Å². The highest BCUT2D eigenvalue weighted by molar-refractivity contribution is 7.98. The Morgan fingerprint density at radius 3 is 2.87 bits per heavy atom. The van der Waals surface area contributed by atoms with Gasteiger partial charge in [0.1, 0.15) is 0 Å². The number of nitrogens with zero attached hydrogens (tertiary/aromatic N) is 1. The molecule has 4 nitrogen and oxygen atoms in total. The minimum atomic E-state index is -0.840. The third-order valence-corrected chi connectivity index (χ3v) is 5.13. The smallest absolute Gasteiger partial charge is 0.224 e. The number of nitrogens with one attached hydrogen (secondary N) is 1. The Morgan fingerprint density at radius 1 is 1.43 bits per heavy atom. The Kier molecular flexibility index (Phi) is 6.93. The average molecular weight is 337 g/mol. The zero-order valence-electron chi connectivity index (χ0n) is 14.1. The first-order chi connectivity index (χ1) is 11.0. The van der Waals surface area contributed by atoms with Crippen molar-refractivity contribution in [2.75, 3.05) is 31.6 Å². The molecule has 0 aliphatic carbocycles. The lowest BCUT2D eigenvalue weighted by Gasteiger charge is -2.32. The maximum atomic E-state index is 12.4. The largest absolute Gasteiger partial charge is 0.387 e. The van der Waals surface area contributed by atoms with E-state index in [1.165, 1.54) is 5.56 Å². The highest BCUT2D eigenvalue weighted by Gasteiger charge is 2.27. The number of likely N-dealkylation sites (tertiary alicyclic amines) is 1. The Hall–Kier alpha value is -1.04. The molecule has 2 N–H and O–H groups in total. The number of amides is 1. The van der Waals surface area contributed by atoms with Crippen molar-refractivity contribution in [2.45, 2.75) is 31.9 Å². The molecule has 128 valence electrons. The van der Waals surface area contributed by atoms with Gasteiger partial charge in [0, 0.05) is 25.4 Å². The molecule has 0 spiro atoms. The fourth-order valence-electron chi connectivity index (χ4n) is 3.04. The average Bonchev–Trinajstić information content (AvgIpc) is 2.54. The molecule has 2 atom stereocenters. The van der Waals surface area contributed by atoms with Crippen LogP contribution in [0.1, 0.15) is 25.3 Å². The molecule has 1 fully saturated rings. The molecule has 2 rings (SSSR count). The van der Waals surface area contributed by atoms with E-state index in [2.05, 4.69) is 34.5 Å². The molecule has 23 heavy (non-hydrogen) atoms. The van der Waals surface area contributed by atoms with Crippen LogP contribution in [0.4, 0.5) is 0 Å². The van der Waals surface area contributed by atoms with Crippen molar-refractivity contribution in [3.8, 4) is 0 Å². The lowest BCUT2D eigenvalue weighted by Crippen LogP contribution is -2.47. The SMILES string of the molecule is CSCC(C)(O)CNC(=O)C1CCCN(Cc2ccccc2)C1. The maximum absolute atomic E-state index is 12.4. The van der Waals surface area contributed by atoms with Gasteiger partial charge >= 0.3 is 0 Å². The number of carbonyl (C=O) groups is 1. The molecule has 5 heteroatoms. The Labute approximate surface area is 143 Å². The van der Waals surface area contributed by atoms with Gasteiger partial charge in [-0.15, -0.1) is 0 Å². The molecule has 0 radical (unpaired) electrons. The highest BCUT2D eigenvalue weighted by atomic mass is 32.2. The van der Waals surface area contributed by atoms with E-state index < -0.39 is 5.60 Å². The standard InChI is InChI=1S/C18H28N2O2S/c1-18(22,14-23-2)13-19-17(21)16-9-6-10-20(12-16)11-15-7-4-3-5-8-15/h3-5,7-8,16,22H,6,9-14H2,1-2H3,(H,19,21). The number of thioether (sulfide) groups is 1. The summed E-state index contributed by atoms with van der Waals surface area (Å²) in [6.07, 6.45) is 3.94. The fourth-order valence-corrected chi connectivity index (χ4v) is 3.76. The van der Waals surface area contributed by atoms with Crippen molar-refractivity contribution in [1.29, 1.82) is 0 Å². The van der Waals surface area contributed by atoms with Gasteiger partial charge in [-0.3, -0.25) is 9.69 Å². The molecule has 1 aromatic carbocycles. The van der Waals surface area contributed by atoms with Gasteiger partial charge in [0.05, 0.1) is 11.5 Å². The number of aliphatic hydroxyl groups is 1. The second kappa shape index (κ2) is 8.71. The van der Waals surface area contributed by atoms with Crippen molar-refractivity contribution in [1.82, 2.24) is 10.2 Å². The number of hydrogen-bond donors (Lipinski definition) is 2. The first-order valence-electron chi connectivity index (χ1n) is 8.25. The lowest BCUT2D eigenvalue weighted by molar-refractivity contribution is -0.127. The van der Waals surface area contributed by atoms with E-state index in [1.807, 2.05) is 12.3 Å². The minimum Gasteiger partial charge on any atom is -0.387 e. The van der Waals surface area contributed by atoms with Crippen LogP contribution in [-0.4, -0.2) is 53.2 Å². The zero-order chi connectivity index (χ0) is 16.7. The lowest BCUT2D eigenvalue weighted by atomic mass is 9.96. The number of carbonyl (C=O) groups excluding carboxylic acids is 1. The summed E-state index contributed by atoms with van der Waals surface area (Å²) >= 11 is 1.59. The normalized spacial score (nSPS) is 21.6. The predicted octanol–water partition coefficient (Wildman–Crippen LogP) is 2.13. The van der Waals surface area contributed by atoms with Crippen molar-refractivity contribution < 1.29 is 9.90 Å². The van der Waals surface area contributed by atoms with Gasteiger partial charge in [0.2, 0.25) is 5.91 Å². The van der Waals surface area contributed by atoms with E-state index >= 15 is 0 Å². The summed E-state index contributed by atoms with van der Waals surface area (Å²) in [5.74, 6) is 0.722. The molecule has 1 aromatic rings. The van der Waals surface area contributed by atoms with Gasteiger partial charge in [-0.1, -0.05) is 30.3 Å². The van der Waals surface area contributed by atoms with Crippen molar-refractivity contribution in [3.05, 3.63) is 35.9 Å². The quantitative estimate of drug-likeness (QED) is 0.801. The molecule has 1 heterocycles. The first-order valence-corrected chi connectivity index (χ1v) is 9.65. The van der Waals surface area contributed by atoms with Gasteiger partial charge in [-0.2, -0.15) is 11.8 Å². The molecule has 2 unspecified atom stereocenters. The third kappa shape index (κ3) is 6.16. The Morgan fingerprint density at radius 2 is 2.17 bits per heavy atom. The van der Waals surface area contributed by atoms with Crippen LogP contribution in [0.2, 0.25) is 0 Å². The number of benzene rings is 1. The van der Waals surface area contributed by atoms with Crippen molar-refractivity contribution >= 4 is 17.7 Å². The maximum Gasteiger partial charge on any atom is 0.224 e. The van der Waals surface area contributed by atoms with E-state index in [0.29, 0.717) is 12.3 Å². The fraction of sp³-hybridized carbons (Fsp3) is 0.611. The third-order valence-electron chi connectivity index (χ3n) is 4.22. The summed E-state index contributed by atoms with van der Waals surface area (Å²) in [5.41, 5.74) is 0.449. The highest BCUT2D eigenvalue weighted by Crippen LogP contribution is 2.19. The molecule has 1 saturated heterocycles. The first kappa shape index (κ1) is 18.3. The van der Waals surface area contributed by atoms with Gasteiger partial charge < -0.3 is 10.4 Å². The summed E-state index contributed by atoms with van der Waals surface area (Å²) < 4.78 is 0. The van der Waals surface area contributed by atoms with Crippen LogP contribution >= 0.6 is 11.8 Å². The van der Waals surface area contributed by atoms with Crippen LogP contribution in [0.15, 0.2) is 30.3 Å². The topological polar surface area (TPSA) is 52.6 Å².